The number of benzene rings is 1. The minimum absolute atomic E-state index is 0.0644. The van der Waals surface area contributed by atoms with E-state index in [-0.39, 0.29) is 23.4 Å². The second kappa shape index (κ2) is 11.4. The zero-order valence-electron chi connectivity index (χ0n) is 21.0. The molecule has 0 saturated heterocycles. The van der Waals surface area contributed by atoms with Gasteiger partial charge in [-0.05, 0) is 43.7 Å². The van der Waals surface area contributed by atoms with Crippen molar-refractivity contribution in [2.75, 3.05) is 13.7 Å². The summed E-state index contributed by atoms with van der Waals surface area (Å²) < 4.78 is 18.1. The molecule has 0 saturated carbocycles. The van der Waals surface area contributed by atoms with Crippen LogP contribution in [0.2, 0.25) is 0 Å². The number of dihydropyridines is 1. The molecule has 0 spiro atoms. The molecule has 1 aromatic carbocycles. The van der Waals surface area contributed by atoms with Crippen LogP contribution in [-0.2, 0) is 25.6 Å². The molecular weight excluding hydrogens is 492 g/mol. The third-order valence-corrected chi connectivity index (χ3v) is 5.97. The van der Waals surface area contributed by atoms with E-state index in [4.69, 9.17) is 13.9 Å². The van der Waals surface area contributed by atoms with Gasteiger partial charge in [-0.1, -0.05) is 12.1 Å². The molecule has 0 aliphatic carbocycles. The second-order valence-corrected chi connectivity index (χ2v) is 8.52. The molecule has 3 heterocycles. The Bertz CT molecular complexity index is 1450. The van der Waals surface area contributed by atoms with Gasteiger partial charge in [-0.25, -0.2) is 14.6 Å². The Morgan fingerprint density at radius 1 is 1.18 bits per heavy atom. The number of imidazole rings is 1. The number of nitro benzene ring substituents is 1. The average Bonchev–Trinajstić information content (AvgIpc) is 3.58. The summed E-state index contributed by atoms with van der Waals surface area (Å²) in [5, 5.41) is 14.4. The van der Waals surface area contributed by atoms with E-state index in [0.717, 1.165) is 5.76 Å². The molecule has 1 atom stereocenters. The number of allylic oxidation sites excluding steroid dienone is 2. The van der Waals surface area contributed by atoms with E-state index in [1.807, 2.05) is 16.8 Å². The van der Waals surface area contributed by atoms with Crippen molar-refractivity contribution in [1.29, 1.82) is 0 Å². The molecule has 1 aliphatic rings. The summed E-state index contributed by atoms with van der Waals surface area (Å²) in [7, 11) is 1.23. The number of hydrogen-bond donors (Lipinski definition) is 1. The molecule has 2 aromatic heterocycles. The lowest BCUT2D eigenvalue weighted by atomic mass is 9.80. The highest BCUT2D eigenvalue weighted by Gasteiger charge is 2.38. The van der Waals surface area contributed by atoms with Crippen molar-refractivity contribution in [3.05, 3.63) is 111 Å². The number of furan rings is 1. The topological polar surface area (TPSA) is 139 Å². The predicted molar refractivity (Wildman–Crippen MR) is 136 cm³/mol. The number of hydrogen-bond acceptors (Lipinski definition) is 9. The SMILES string of the molecule is COC(=O)C1=C(C)NC(C)=C(C(=O)OCC=Cc2ccc(Cn3ccnc3)o2)C1c1cccc([N+](=O)[O-])c1. The van der Waals surface area contributed by atoms with Gasteiger partial charge in [-0.15, -0.1) is 0 Å². The molecule has 0 bridgehead atoms. The van der Waals surface area contributed by atoms with Crippen LogP contribution in [0.25, 0.3) is 6.08 Å². The number of aromatic nitrogens is 2. The van der Waals surface area contributed by atoms with Gasteiger partial charge in [0.1, 0.15) is 18.1 Å². The average molecular weight is 519 g/mol. The van der Waals surface area contributed by atoms with Gasteiger partial charge in [-0.3, -0.25) is 10.1 Å². The number of ether oxygens (including phenoxy) is 2. The van der Waals surface area contributed by atoms with E-state index in [0.29, 0.717) is 29.3 Å². The maximum absolute atomic E-state index is 13.3. The third-order valence-electron chi connectivity index (χ3n) is 5.97. The number of esters is 2. The number of methoxy groups -OCH3 is 1. The quantitative estimate of drug-likeness (QED) is 0.252. The minimum atomic E-state index is -0.920. The fourth-order valence-electron chi connectivity index (χ4n) is 4.29. The number of carbonyl (C=O) groups excluding carboxylic acids is 2. The van der Waals surface area contributed by atoms with Crippen LogP contribution in [0.15, 0.2) is 88.2 Å². The van der Waals surface area contributed by atoms with Crippen molar-refractivity contribution in [2.45, 2.75) is 26.3 Å². The fraction of sp³-hybridized carbons (Fsp3) is 0.222. The first kappa shape index (κ1) is 26.1. The van der Waals surface area contributed by atoms with Crippen LogP contribution in [0, 0.1) is 10.1 Å². The minimum Gasteiger partial charge on any atom is -0.466 e. The summed E-state index contributed by atoms with van der Waals surface area (Å²) in [6, 6.07) is 9.46. The Morgan fingerprint density at radius 3 is 2.63 bits per heavy atom. The van der Waals surface area contributed by atoms with Crippen molar-refractivity contribution in [2.24, 2.45) is 0 Å². The first-order valence-corrected chi connectivity index (χ1v) is 11.7. The molecule has 11 heteroatoms. The highest BCUT2D eigenvalue weighted by molar-refractivity contribution is 6.00. The highest BCUT2D eigenvalue weighted by Crippen LogP contribution is 2.40. The first-order chi connectivity index (χ1) is 18.3. The van der Waals surface area contributed by atoms with Gasteiger partial charge < -0.3 is 23.8 Å². The van der Waals surface area contributed by atoms with Crippen molar-refractivity contribution < 1.29 is 28.4 Å². The fourth-order valence-corrected chi connectivity index (χ4v) is 4.29. The molecule has 38 heavy (non-hydrogen) atoms. The lowest BCUT2D eigenvalue weighted by Gasteiger charge is -2.30. The summed E-state index contributed by atoms with van der Waals surface area (Å²) >= 11 is 0. The van der Waals surface area contributed by atoms with Crippen LogP contribution >= 0.6 is 0 Å². The van der Waals surface area contributed by atoms with Gasteiger partial charge in [-0.2, -0.15) is 0 Å². The summed E-state index contributed by atoms with van der Waals surface area (Å²) in [6.07, 6.45) is 8.53. The summed E-state index contributed by atoms with van der Waals surface area (Å²) in [5.41, 5.74) is 1.50. The molecule has 4 rings (SSSR count). The normalized spacial score (nSPS) is 15.5. The van der Waals surface area contributed by atoms with E-state index in [1.54, 1.807) is 50.7 Å². The van der Waals surface area contributed by atoms with Crippen LogP contribution < -0.4 is 5.32 Å². The molecular formula is C27H26N4O7. The van der Waals surface area contributed by atoms with Crippen molar-refractivity contribution >= 4 is 23.7 Å². The van der Waals surface area contributed by atoms with Gasteiger partial charge in [0, 0.05) is 35.9 Å². The van der Waals surface area contributed by atoms with Gasteiger partial charge in [0.2, 0.25) is 0 Å². The second-order valence-electron chi connectivity index (χ2n) is 8.52. The molecule has 1 aliphatic heterocycles. The standard InChI is InChI=1S/C27H26N4O7/c1-17-23(26(32)36-3)25(19-6-4-7-20(14-19)31(34)35)24(18(2)29-17)27(33)37-13-5-8-21-9-10-22(38-21)15-30-12-11-28-16-30/h4-12,14,16,25,29H,13,15H2,1-3H3. The van der Waals surface area contributed by atoms with Gasteiger partial charge >= 0.3 is 11.9 Å². The predicted octanol–water partition coefficient (Wildman–Crippen LogP) is 4.10. The molecule has 0 fully saturated rings. The summed E-state index contributed by atoms with van der Waals surface area (Å²) in [6.45, 7) is 3.83. The zero-order valence-corrected chi connectivity index (χ0v) is 21.0. The Kier molecular flexibility index (Phi) is 7.86. The van der Waals surface area contributed by atoms with Crippen LogP contribution in [0.5, 0.6) is 0 Å². The van der Waals surface area contributed by atoms with E-state index < -0.39 is 22.8 Å². The maximum Gasteiger partial charge on any atom is 0.337 e. The monoisotopic (exact) mass is 518 g/mol. The number of carbonyl (C=O) groups is 2. The van der Waals surface area contributed by atoms with Crippen LogP contribution in [0.1, 0.15) is 36.8 Å². The van der Waals surface area contributed by atoms with E-state index in [2.05, 4.69) is 10.3 Å². The third kappa shape index (κ3) is 5.72. The van der Waals surface area contributed by atoms with Gasteiger partial charge in [0.25, 0.3) is 5.69 Å². The van der Waals surface area contributed by atoms with Gasteiger partial charge in [0.05, 0.1) is 42.0 Å². The molecule has 1 N–H and O–H groups in total. The first-order valence-electron chi connectivity index (χ1n) is 11.7. The molecule has 3 aromatic rings. The molecule has 1 unspecified atom stereocenters. The Labute approximate surface area is 218 Å². The Hall–Kier alpha value is -4.93. The van der Waals surface area contributed by atoms with Crippen LogP contribution in [-0.4, -0.2) is 40.1 Å². The number of nitrogens with zero attached hydrogens (tertiary/aromatic N) is 3. The highest BCUT2D eigenvalue weighted by atomic mass is 16.6. The number of nitrogens with one attached hydrogen (secondary N) is 1. The summed E-state index contributed by atoms with van der Waals surface area (Å²) in [5.74, 6) is -0.924. The number of non-ortho nitro benzene ring substituents is 1. The van der Waals surface area contributed by atoms with Crippen molar-refractivity contribution in [1.82, 2.24) is 14.9 Å². The van der Waals surface area contributed by atoms with E-state index in [1.165, 1.54) is 25.3 Å². The zero-order chi connectivity index (χ0) is 27.2. The van der Waals surface area contributed by atoms with Crippen LogP contribution in [0.4, 0.5) is 5.69 Å². The Morgan fingerprint density at radius 2 is 1.95 bits per heavy atom. The van der Waals surface area contributed by atoms with Crippen LogP contribution in [0.3, 0.4) is 0 Å². The lowest BCUT2D eigenvalue weighted by molar-refractivity contribution is -0.384. The molecule has 11 nitrogen and oxygen atoms in total. The largest absolute Gasteiger partial charge is 0.466 e. The molecule has 0 radical (unpaired) electrons. The number of nitro groups is 1. The molecule has 196 valence electrons. The van der Waals surface area contributed by atoms with E-state index >= 15 is 0 Å². The van der Waals surface area contributed by atoms with Crippen molar-refractivity contribution in [3.63, 3.8) is 0 Å². The smallest absolute Gasteiger partial charge is 0.337 e. The van der Waals surface area contributed by atoms with E-state index in [9.17, 15) is 19.7 Å². The maximum atomic E-state index is 13.3. The molecule has 0 amide bonds. The summed E-state index contributed by atoms with van der Waals surface area (Å²) in [4.78, 5) is 40.8. The van der Waals surface area contributed by atoms with Gasteiger partial charge in [0.15, 0.2) is 0 Å². The van der Waals surface area contributed by atoms with Crippen molar-refractivity contribution in [3.8, 4) is 0 Å². The Balaban J connectivity index is 1.53. The lowest BCUT2D eigenvalue weighted by Crippen LogP contribution is -2.32. The number of rotatable bonds is 9.